The number of fused-ring (bicyclic) bond motifs is 1. The van der Waals surface area contributed by atoms with Crippen LogP contribution in [0.15, 0.2) is 42.5 Å². The third kappa shape index (κ3) is 3.49. The predicted molar refractivity (Wildman–Crippen MR) is 90.1 cm³/mol. The van der Waals surface area contributed by atoms with Crippen LogP contribution in [0.3, 0.4) is 0 Å². The van der Waals surface area contributed by atoms with E-state index in [0.717, 1.165) is 4.90 Å². The summed E-state index contributed by atoms with van der Waals surface area (Å²) in [6, 6.07) is 11.2. The number of ether oxygens (including phenoxy) is 2. The number of amides is 2. The Balaban J connectivity index is 1.57. The van der Waals surface area contributed by atoms with E-state index in [1.165, 1.54) is 25.2 Å². The lowest BCUT2D eigenvalue weighted by Crippen LogP contribution is -2.24. The van der Waals surface area contributed by atoms with Crippen molar-refractivity contribution in [3.05, 3.63) is 64.2 Å². The number of hydrogen-bond donors (Lipinski definition) is 0. The highest BCUT2D eigenvalue weighted by atomic mass is 35.5. The summed E-state index contributed by atoms with van der Waals surface area (Å²) in [5.41, 5.74) is 0.698. The summed E-state index contributed by atoms with van der Waals surface area (Å²) in [4.78, 5) is 36.9. The molecule has 1 aliphatic heterocycles. The van der Waals surface area contributed by atoms with Crippen LogP contribution in [0.1, 0.15) is 31.1 Å². The normalized spacial score (nSPS) is 13.0. The maximum Gasteiger partial charge on any atom is 0.338 e. The molecule has 2 aromatic rings. The van der Waals surface area contributed by atoms with Crippen LogP contribution in [0.4, 0.5) is 0 Å². The van der Waals surface area contributed by atoms with E-state index in [-0.39, 0.29) is 35.8 Å². The summed E-state index contributed by atoms with van der Waals surface area (Å²) in [6.45, 7) is 0.201. The molecule has 7 heteroatoms. The molecule has 0 aromatic heterocycles. The molecular weight excluding hydrogens is 346 g/mol. The van der Waals surface area contributed by atoms with E-state index < -0.39 is 11.9 Å². The topological polar surface area (TPSA) is 72.9 Å². The molecule has 1 aliphatic rings. The molecule has 25 heavy (non-hydrogen) atoms. The molecule has 0 N–H and O–H groups in total. The largest absolute Gasteiger partial charge is 0.490 e. The van der Waals surface area contributed by atoms with Crippen molar-refractivity contribution < 1.29 is 23.9 Å². The first-order valence-corrected chi connectivity index (χ1v) is 7.87. The number of halogens is 1. The van der Waals surface area contributed by atoms with Crippen molar-refractivity contribution in [2.45, 2.75) is 0 Å². The Labute approximate surface area is 148 Å². The minimum Gasteiger partial charge on any atom is -0.490 e. The summed E-state index contributed by atoms with van der Waals surface area (Å²) in [5, 5.41) is 0.553. The molecule has 0 radical (unpaired) electrons. The second-order valence-electron chi connectivity index (χ2n) is 5.37. The zero-order chi connectivity index (χ0) is 18.0. The van der Waals surface area contributed by atoms with Crippen LogP contribution >= 0.6 is 11.6 Å². The van der Waals surface area contributed by atoms with Gasteiger partial charge in [-0.15, -0.1) is 0 Å². The van der Waals surface area contributed by atoms with Gasteiger partial charge in [0.05, 0.1) is 16.7 Å². The molecule has 6 nitrogen and oxygen atoms in total. The Kier molecular flexibility index (Phi) is 4.72. The number of imide groups is 1. The highest BCUT2D eigenvalue weighted by Crippen LogP contribution is 2.23. The third-order valence-electron chi connectivity index (χ3n) is 3.71. The van der Waals surface area contributed by atoms with Gasteiger partial charge in [0.25, 0.3) is 11.8 Å². The highest BCUT2D eigenvalue weighted by molar-refractivity contribution is 6.30. The van der Waals surface area contributed by atoms with Gasteiger partial charge in [0.2, 0.25) is 0 Å². The number of hydrogen-bond acceptors (Lipinski definition) is 5. The lowest BCUT2D eigenvalue weighted by Gasteiger charge is -2.08. The Morgan fingerprint density at radius 2 is 1.80 bits per heavy atom. The molecule has 0 aliphatic carbocycles. The maximum absolute atomic E-state index is 12.1. The lowest BCUT2D eigenvalue weighted by atomic mass is 10.1. The second kappa shape index (κ2) is 6.94. The number of carbonyl (C=O) groups excluding carboxylic acids is 3. The van der Waals surface area contributed by atoms with Crippen LogP contribution < -0.4 is 4.74 Å². The van der Waals surface area contributed by atoms with Crippen LogP contribution in [-0.4, -0.2) is 42.9 Å². The minimum atomic E-state index is -0.590. The predicted octanol–water partition coefficient (Wildman–Crippen LogP) is 2.80. The number of rotatable bonds is 5. The summed E-state index contributed by atoms with van der Waals surface area (Å²) < 4.78 is 10.5. The molecule has 2 aromatic carbocycles. The van der Waals surface area contributed by atoms with Gasteiger partial charge in [-0.2, -0.15) is 0 Å². The van der Waals surface area contributed by atoms with Gasteiger partial charge in [-0.05, 0) is 36.4 Å². The molecule has 0 saturated heterocycles. The zero-order valence-corrected chi connectivity index (χ0v) is 14.1. The Bertz CT molecular complexity index is 864. The fourth-order valence-corrected chi connectivity index (χ4v) is 2.60. The molecule has 1 heterocycles. The number of esters is 1. The van der Waals surface area contributed by atoms with Gasteiger partial charge in [0.15, 0.2) is 0 Å². The minimum absolute atomic E-state index is 0.0369. The summed E-state index contributed by atoms with van der Waals surface area (Å²) >= 11 is 5.85. The monoisotopic (exact) mass is 359 g/mol. The van der Waals surface area contributed by atoms with Crippen molar-refractivity contribution in [2.24, 2.45) is 0 Å². The van der Waals surface area contributed by atoms with Crippen LogP contribution in [-0.2, 0) is 4.74 Å². The standard InChI is InChI=1S/C18H14ClNO5/c1-20-16(21)14-6-5-11(9-15(14)17(20)22)18(23)25-8-7-24-13-4-2-3-12(19)10-13/h2-6,9-10H,7-8H2,1H3. The Morgan fingerprint density at radius 1 is 1.04 bits per heavy atom. The first kappa shape index (κ1) is 17.0. The van der Waals surface area contributed by atoms with Gasteiger partial charge >= 0.3 is 5.97 Å². The van der Waals surface area contributed by atoms with E-state index >= 15 is 0 Å². The smallest absolute Gasteiger partial charge is 0.338 e. The summed E-state index contributed by atoms with van der Waals surface area (Å²) in [7, 11) is 1.40. The fraction of sp³-hybridized carbons (Fsp3) is 0.167. The van der Waals surface area contributed by atoms with Gasteiger partial charge in [-0.25, -0.2) is 4.79 Å². The van der Waals surface area contributed by atoms with Crippen molar-refractivity contribution >= 4 is 29.4 Å². The van der Waals surface area contributed by atoms with Crippen molar-refractivity contribution in [1.29, 1.82) is 0 Å². The molecule has 0 atom stereocenters. The van der Waals surface area contributed by atoms with E-state index in [1.54, 1.807) is 24.3 Å². The molecule has 0 bridgehead atoms. The zero-order valence-electron chi connectivity index (χ0n) is 13.3. The van der Waals surface area contributed by atoms with E-state index in [0.29, 0.717) is 10.8 Å². The van der Waals surface area contributed by atoms with Crippen molar-refractivity contribution in [1.82, 2.24) is 4.90 Å². The van der Waals surface area contributed by atoms with E-state index in [9.17, 15) is 14.4 Å². The fourth-order valence-electron chi connectivity index (χ4n) is 2.42. The molecule has 0 spiro atoms. The number of nitrogens with zero attached hydrogens (tertiary/aromatic N) is 1. The first-order chi connectivity index (χ1) is 12.0. The lowest BCUT2D eigenvalue weighted by molar-refractivity contribution is 0.0450. The van der Waals surface area contributed by atoms with E-state index in [1.807, 2.05) is 0 Å². The number of benzene rings is 2. The van der Waals surface area contributed by atoms with Gasteiger partial charge < -0.3 is 9.47 Å². The van der Waals surface area contributed by atoms with Crippen molar-refractivity contribution in [3.63, 3.8) is 0 Å². The third-order valence-corrected chi connectivity index (χ3v) is 3.94. The molecule has 3 rings (SSSR count). The van der Waals surface area contributed by atoms with Crippen LogP contribution in [0, 0.1) is 0 Å². The molecule has 0 unspecified atom stereocenters. The van der Waals surface area contributed by atoms with E-state index in [2.05, 4.69) is 0 Å². The van der Waals surface area contributed by atoms with Crippen LogP contribution in [0.2, 0.25) is 5.02 Å². The van der Waals surface area contributed by atoms with Crippen molar-refractivity contribution in [2.75, 3.05) is 20.3 Å². The molecule has 0 saturated carbocycles. The Hall–Kier alpha value is -2.86. The average molecular weight is 360 g/mol. The second-order valence-corrected chi connectivity index (χ2v) is 5.81. The maximum atomic E-state index is 12.1. The van der Waals surface area contributed by atoms with Crippen LogP contribution in [0.5, 0.6) is 5.75 Å². The summed E-state index contributed by atoms with van der Waals surface area (Å²) in [5.74, 6) is -0.825. The quantitative estimate of drug-likeness (QED) is 0.466. The summed E-state index contributed by atoms with van der Waals surface area (Å²) in [6.07, 6.45) is 0. The molecule has 128 valence electrons. The van der Waals surface area contributed by atoms with Gasteiger partial charge in [-0.3, -0.25) is 14.5 Å². The van der Waals surface area contributed by atoms with Gasteiger partial charge in [0, 0.05) is 12.1 Å². The van der Waals surface area contributed by atoms with Crippen LogP contribution in [0.25, 0.3) is 0 Å². The van der Waals surface area contributed by atoms with Crippen molar-refractivity contribution in [3.8, 4) is 5.75 Å². The van der Waals surface area contributed by atoms with Gasteiger partial charge in [-0.1, -0.05) is 17.7 Å². The average Bonchev–Trinajstić information content (AvgIpc) is 2.83. The highest BCUT2D eigenvalue weighted by Gasteiger charge is 2.33. The number of carbonyl (C=O) groups is 3. The molecular formula is C18H14ClNO5. The SMILES string of the molecule is CN1C(=O)c2ccc(C(=O)OCCOc3cccc(Cl)c3)cc2C1=O. The Morgan fingerprint density at radius 3 is 2.56 bits per heavy atom. The van der Waals surface area contributed by atoms with E-state index in [4.69, 9.17) is 21.1 Å². The van der Waals surface area contributed by atoms with Gasteiger partial charge in [0.1, 0.15) is 19.0 Å². The molecule has 2 amide bonds. The first-order valence-electron chi connectivity index (χ1n) is 7.49. The molecule has 0 fully saturated rings.